The van der Waals surface area contributed by atoms with Crippen LogP contribution in [0.5, 0.6) is 0 Å². The van der Waals surface area contributed by atoms with Crippen molar-refractivity contribution in [1.29, 1.82) is 0 Å². The molecule has 1 aromatic heterocycles. The molecule has 0 aromatic carbocycles. The molecule has 1 saturated heterocycles. The van der Waals surface area contributed by atoms with Gasteiger partial charge in [0.15, 0.2) is 0 Å². The lowest BCUT2D eigenvalue weighted by molar-refractivity contribution is -0.140. The van der Waals surface area contributed by atoms with Gasteiger partial charge in [-0.15, -0.1) is 0 Å². The van der Waals surface area contributed by atoms with Crippen LogP contribution < -0.4 is 5.32 Å². The number of aromatic nitrogens is 1. The summed E-state index contributed by atoms with van der Waals surface area (Å²) in [7, 11) is 0. The zero-order valence-corrected chi connectivity index (χ0v) is 10.6. The Morgan fingerprint density at radius 1 is 1.28 bits per heavy atom. The lowest BCUT2D eigenvalue weighted by atomic mass is 9.96. The molecule has 0 radical (unpaired) electrons. The van der Waals surface area contributed by atoms with E-state index in [1.54, 1.807) is 0 Å². The molecule has 4 nitrogen and oxygen atoms in total. The van der Waals surface area contributed by atoms with E-state index in [9.17, 15) is 4.79 Å². The number of carboxylic acid groups (broad SMARTS) is 1. The Morgan fingerprint density at radius 2 is 2.17 bits per heavy atom. The van der Waals surface area contributed by atoms with Gasteiger partial charge in [0.1, 0.15) is 6.04 Å². The van der Waals surface area contributed by atoms with Gasteiger partial charge < -0.3 is 9.67 Å². The lowest BCUT2D eigenvalue weighted by Crippen LogP contribution is -2.43. The first kappa shape index (κ1) is 11.8. The molecule has 1 fully saturated rings. The maximum absolute atomic E-state index is 11.1. The number of aliphatic carboxylic acids is 1. The topological polar surface area (TPSA) is 54.3 Å². The maximum Gasteiger partial charge on any atom is 0.320 e. The summed E-state index contributed by atoms with van der Waals surface area (Å²) in [6.07, 6.45) is 6.47. The van der Waals surface area contributed by atoms with Gasteiger partial charge in [-0.1, -0.05) is 0 Å². The van der Waals surface area contributed by atoms with Gasteiger partial charge in [0.25, 0.3) is 0 Å². The van der Waals surface area contributed by atoms with Gasteiger partial charge >= 0.3 is 5.97 Å². The summed E-state index contributed by atoms with van der Waals surface area (Å²) in [4.78, 5) is 11.1. The van der Waals surface area contributed by atoms with E-state index in [1.807, 2.05) is 0 Å². The highest BCUT2D eigenvalue weighted by Gasteiger charge is 2.29. The molecule has 4 heteroatoms. The van der Waals surface area contributed by atoms with Crippen molar-refractivity contribution in [3.05, 3.63) is 23.5 Å². The van der Waals surface area contributed by atoms with Crippen LogP contribution in [0.15, 0.2) is 12.1 Å². The molecule has 18 heavy (non-hydrogen) atoms. The smallest absolute Gasteiger partial charge is 0.320 e. The van der Waals surface area contributed by atoms with Gasteiger partial charge in [-0.2, -0.15) is 0 Å². The summed E-state index contributed by atoms with van der Waals surface area (Å²) >= 11 is 0. The minimum atomic E-state index is -0.717. The highest BCUT2D eigenvalue weighted by atomic mass is 16.4. The van der Waals surface area contributed by atoms with Crippen molar-refractivity contribution in [1.82, 2.24) is 9.88 Å². The fraction of sp³-hybridized carbons (Fsp3) is 0.643. The number of nitrogens with one attached hydrogen (secondary N) is 1. The van der Waals surface area contributed by atoms with Crippen molar-refractivity contribution in [2.45, 2.75) is 57.2 Å². The quantitative estimate of drug-likeness (QED) is 0.842. The molecule has 0 saturated carbocycles. The van der Waals surface area contributed by atoms with Gasteiger partial charge in [0.05, 0.1) is 0 Å². The monoisotopic (exact) mass is 248 g/mol. The Morgan fingerprint density at radius 3 is 3.00 bits per heavy atom. The maximum atomic E-state index is 11.1. The predicted octanol–water partition coefficient (Wildman–Crippen LogP) is 2.09. The SMILES string of the molecule is O=C(O)C1CCCC(c2ccc3n2CCCC3)N1. The largest absolute Gasteiger partial charge is 0.480 e. The van der Waals surface area contributed by atoms with E-state index in [2.05, 4.69) is 22.0 Å². The Labute approximate surface area is 107 Å². The number of aryl methyl sites for hydroxylation is 1. The lowest BCUT2D eigenvalue weighted by Gasteiger charge is -2.30. The van der Waals surface area contributed by atoms with Crippen molar-refractivity contribution in [2.24, 2.45) is 0 Å². The fourth-order valence-electron chi connectivity index (χ4n) is 3.26. The van der Waals surface area contributed by atoms with Gasteiger partial charge in [0, 0.05) is 24.0 Å². The van der Waals surface area contributed by atoms with Crippen molar-refractivity contribution < 1.29 is 9.90 Å². The molecule has 1 aromatic rings. The number of fused-ring (bicyclic) bond motifs is 1. The number of carboxylic acids is 1. The van der Waals surface area contributed by atoms with Gasteiger partial charge in [-0.05, 0) is 50.7 Å². The van der Waals surface area contributed by atoms with E-state index in [4.69, 9.17) is 5.11 Å². The second kappa shape index (κ2) is 4.76. The number of piperidine rings is 1. The minimum Gasteiger partial charge on any atom is -0.480 e. The van der Waals surface area contributed by atoms with Gasteiger partial charge in [0.2, 0.25) is 0 Å². The normalized spacial score (nSPS) is 27.8. The Balaban J connectivity index is 1.82. The van der Waals surface area contributed by atoms with Crippen molar-refractivity contribution in [2.75, 3.05) is 0 Å². The van der Waals surface area contributed by atoms with Crippen molar-refractivity contribution in [3.63, 3.8) is 0 Å². The molecule has 0 spiro atoms. The number of rotatable bonds is 2. The first-order valence-corrected chi connectivity index (χ1v) is 6.93. The average molecular weight is 248 g/mol. The first-order valence-electron chi connectivity index (χ1n) is 6.93. The minimum absolute atomic E-state index is 0.215. The summed E-state index contributed by atoms with van der Waals surface area (Å²) in [5, 5.41) is 12.4. The third-order valence-electron chi connectivity index (χ3n) is 4.21. The van der Waals surface area contributed by atoms with Gasteiger partial charge in [-0.25, -0.2) is 0 Å². The molecule has 2 N–H and O–H groups in total. The van der Waals surface area contributed by atoms with Crippen LogP contribution >= 0.6 is 0 Å². The third kappa shape index (κ3) is 2.05. The highest BCUT2D eigenvalue weighted by Crippen LogP contribution is 2.29. The third-order valence-corrected chi connectivity index (χ3v) is 4.21. The van der Waals surface area contributed by atoms with Crippen molar-refractivity contribution >= 4 is 5.97 Å². The molecule has 2 aliphatic rings. The number of hydrogen-bond donors (Lipinski definition) is 2. The van der Waals surface area contributed by atoms with Gasteiger partial charge in [-0.3, -0.25) is 10.1 Å². The van der Waals surface area contributed by atoms with E-state index >= 15 is 0 Å². The zero-order chi connectivity index (χ0) is 12.5. The number of nitrogens with zero attached hydrogens (tertiary/aromatic N) is 1. The van der Waals surface area contributed by atoms with E-state index in [0.717, 1.165) is 32.2 Å². The van der Waals surface area contributed by atoms with Crippen LogP contribution in [0.2, 0.25) is 0 Å². The van der Waals surface area contributed by atoms with Crippen LogP contribution in [0.4, 0.5) is 0 Å². The molecule has 0 bridgehead atoms. The summed E-state index contributed by atoms with van der Waals surface area (Å²) in [5.41, 5.74) is 2.70. The summed E-state index contributed by atoms with van der Waals surface area (Å²) in [6.45, 7) is 1.09. The molecule has 3 heterocycles. The van der Waals surface area contributed by atoms with Crippen LogP contribution in [-0.2, 0) is 17.8 Å². The molecule has 2 atom stereocenters. The molecule has 2 unspecified atom stereocenters. The Kier molecular flexibility index (Phi) is 3.12. The second-order valence-corrected chi connectivity index (χ2v) is 5.40. The van der Waals surface area contributed by atoms with Crippen LogP contribution in [0.1, 0.15) is 49.5 Å². The second-order valence-electron chi connectivity index (χ2n) is 5.40. The fourth-order valence-corrected chi connectivity index (χ4v) is 3.26. The molecule has 3 rings (SSSR count). The summed E-state index contributed by atoms with van der Waals surface area (Å²) in [5.74, 6) is -0.717. The standard InChI is InChI=1S/C14H20N2O2/c17-14(18)12-6-3-5-11(15-12)13-8-7-10-4-1-2-9-16(10)13/h7-8,11-12,15H,1-6,9H2,(H,17,18). The summed E-state index contributed by atoms with van der Waals surface area (Å²) in [6, 6.07) is 4.23. The molecule has 0 amide bonds. The highest BCUT2D eigenvalue weighted by molar-refractivity contribution is 5.73. The van der Waals surface area contributed by atoms with E-state index < -0.39 is 5.97 Å². The average Bonchev–Trinajstić information content (AvgIpc) is 2.82. The molecule has 2 aliphatic heterocycles. The predicted molar refractivity (Wildman–Crippen MR) is 68.5 cm³/mol. The van der Waals surface area contributed by atoms with Crippen LogP contribution in [0, 0.1) is 0 Å². The van der Waals surface area contributed by atoms with Crippen molar-refractivity contribution in [3.8, 4) is 0 Å². The molecular formula is C14H20N2O2. The number of hydrogen-bond acceptors (Lipinski definition) is 2. The van der Waals surface area contributed by atoms with Crippen LogP contribution in [0.25, 0.3) is 0 Å². The van der Waals surface area contributed by atoms with E-state index in [1.165, 1.54) is 24.2 Å². The number of carbonyl (C=O) groups is 1. The molecule has 0 aliphatic carbocycles. The zero-order valence-electron chi connectivity index (χ0n) is 10.6. The van der Waals surface area contributed by atoms with Crippen LogP contribution in [-0.4, -0.2) is 21.7 Å². The Hall–Kier alpha value is -1.29. The first-order chi connectivity index (χ1) is 8.75. The van der Waals surface area contributed by atoms with Crippen LogP contribution in [0.3, 0.4) is 0 Å². The van der Waals surface area contributed by atoms with E-state index in [0.29, 0.717) is 0 Å². The Bertz CT molecular complexity index is 453. The molecular weight excluding hydrogens is 228 g/mol. The molecule has 98 valence electrons. The summed E-state index contributed by atoms with van der Waals surface area (Å²) < 4.78 is 2.39. The van der Waals surface area contributed by atoms with E-state index in [-0.39, 0.29) is 12.1 Å².